The molecule has 0 aliphatic carbocycles. The second-order valence-electron chi connectivity index (χ2n) is 7.76. The first-order valence-corrected chi connectivity index (χ1v) is 9.91. The predicted octanol–water partition coefficient (Wildman–Crippen LogP) is 1.30. The summed E-state index contributed by atoms with van der Waals surface area (Å²) in [4.78, 5) is 42.0. The van der Waals surface area contributed by atoms with Crippen LogP contribution in [0.5, 0.6) is 0 Å². The number of likely N-dealkylation sites (N-methyl/N-ethyl adjacent to an activating group) is 1. The van der Waals surface area contributed by atoms with Crippen molar-refractivity contribution in [2.75, 3.05) is 52.4 Å². The van der Waals surface area contributed by atoms with Crippen molar-refractivity contribution in [3.8, 4) is 0 Å². The summed E-state index contributed by atoms with van der Waals surface area (Å²) in [5.41, 5.74) is -0.551. The Hall–Kier alpha value is -1.83. The summed E-state index contributed by atoms with van der Waals surface area (Å²) in [6.07, 6.45) is 0.584. The third-order valence-corrected chi connectivity index (χ3v) is 4.42. The van der Waals surface area contributed by atoms with Crippen molar-refractivity contribution in [2.45, 2.75) is 53.1 Å². The van der Waals surface area contributed by atoms with E-state index in [2.05, 4.69) is 10.2 Å². The van der Waals surface area contributed by atoms with Gasteiger partial charge in [-0.15, -0.1) is 0 Å². The third-order valence-electron chi connectivity index (χ3n) is 4.42. The van der Waals surface area contributed by atoms with E-state index >= 15 is 0 Å². The van der Waals surface area contributed by atoms with Gasteiger partial charge in [-0.25, -0.2) is 4.79 Å². The van der Waals surface area contributed by atoms with E-state index in [9.17, 15) is 14.4 Å². The van der Waals surface area contributed by atoms with Crippen molar-refractivity contribution >= 4 is 17.9 Å². The molecule has 0 bridgehead atoms. The zero-order valence-corrected chi connectivity index (χ0v) is 17.5. The number of hydrogen-bond donors (Lipinski definition) is 1. The Morgan fingerprint density at radius 3 is 2.30 bits per heavy atom. The first-order valence-electron chi connectivity index (χ1n) is 9.91. The Balaban J connectivity index is 2.36. The molecule has 8 heteroatoms. The fourth-order valence-corrected chi connectivity index (χ4v) is 2.99. The number of hydrogen-bond acceptors (Lipinski definition) is 5. The average molecular weight is 385 g/mol. The van der Waals surface area contributed by atoms with E-state index in [0.29, 0.717) is 26.2 Å². The van der Waals surface area contributed by atoms with E-state index in [-0.39, 0.29) is 24.8 Å². The lowest BCUT2D eigenvalue weighted by atomic mass is 10.2. The summed E-state index contributed by atoms with van der Waals surface area (Å²) >= 11 is 0. The van der Waals surface area contributed by atoms with Crippen LogP contribution in [0.15, 0.2) is 0 Å². The van der Waals surface area contributed by atoms with Crippen LogP contribution in [-0.4, -0.2) is 90.6 Å². The number of alkyl carbamates (subject to hydrolysis) is 1. The van der Waals surface area contributed by atoms with Crippen molar-refractivity contribution in [2.24, 2.45) is 0 Å². The Morgan fingerprint density at radius 2 is 1.70 bits per heavy atom. The van der Waals surface area contributed by atoms with Crippen molar-refractivity contribution in [3.05, 3.63) is 0 Å². The standard InChI is InChI=1S/C19H36N4O4/c1-6-22(7-2)17(25)15-21-11-8-12-23(14-13-21)16(24)9-10-20-18(26)27-19(3,4)5/h6-15H2,1-5H3,(H,20,26). The smallest absolute Gasteiger partial charge is 0.407 e. The maximum absolute atomic E-state index is 12.4. The summed E-state index contributed by atoms with van der Waals surface area (Å²) in [6.45, 7) is 14.3. The highest BCUT2D eigenvalue weighted by Gasteiger charge is 2.22. The Morgan fingerprint density at radius 1 is 1.04 bits per heavy atom. The lowest BCUT2D eigenvalue weighted by molar-refractivity contribution is -0.132. The van der Waals surface area contributed by atoms with Gasteiger partial charge in [0.05, 0.1) is 6.54 Å². The number of ether oxygens (including phenoxy) is 1. The van der Waals surface area contributed by atoms with Crippen LogP contribution < -0.4 is 5.32 Å². The molecule has 0 saturated carbocycles. The zero-order chi connectivity index (χ0) is 20.4. The fourth-order valence-electron chi connectivity index (χ4n) is 2.99. The Bertz CT molecular complexity index is 500. The molecule has 1 rings (SSSR count). The number of rotatable bonds is 7. The molecule has 8 nitrogen and oxygen atoms in total. The third kappa shape index (κ3) is 9.08. The molecule has 0 aromatic rings. The quantitative estimate of drug-likeness (QED) is 0.716. The topological polar surface area (TPSA) is 82.2 Å². The van der Waals surface area contributed by atoms with E-state index in [1.807, 2.05) is 23.6 Å². The Labute approximate surface area is 163 Å². The average Bonchev–Trinajstić information content (AvgIpc) is 2.80. The number of nitrogens with one attached hydrogen (secondary N) is 1. The highest BCUT2D eigenvalue weighted by atomic mass is 16.6. The van der Waals surface area contributed by atoms with Gasteiger partial charge in [0, 0.05) is 52.2 Å². The molecule has 0 aromatic heterocycles. The molecule has 1 N–H and O–H groups in total. The van der Waals surface area contributed by atoms with Crippen LogP contribution in [0, 0.1) is 0 Å². The molecule has 156 valence electrons. The van der Waals surface area contributed by atoms with Crippen molar-refractivity contribution in [3.63, 3.8) is 0 Å². The van der Waals surface area contributed by atoms with Crippen molar-refractivity contribution in [1.29, 1.82) is 0 Å². The zero-order valence-electron chi connectivity index (χ0n) is 17.5. The number of carbonyl (C=O) groups excluding carboxylic acids is 3. The summed E-state index contributed by atoms with van der Waals surface area (Å²) < 4.78 is 5.16. The van der Waals surface area contributed by atoms with Gasteiger partial charge in [-0.2, -0.15) is 0 Å². The van der Waals surface area contributed by atoms with E-state index < -0.39 is 11.7 Å². The molecule has 0 aromatic carbocycles. The largest absolute Gasteiger partial charge is 0.444 e. The molecule has 0 radical (unpaired) electrons. The number of nitrogens with zero attached hydrogens (tertiary/aromatic N) is 3. The molecule has 0 unspecified atom stereocenters. The normalized spacial score (nSPS) is 15.8. The van der Waals surface area contributed by atoms with Gasteiger partial charge in [-0.05, 0) is 41.0 Å². The molecule has 3 amide bonds. The second-order valence-corrected chi connectivity index (χ2v) is 7.76. The monoisotopic (exact) mass is 384 g/mol. The van der Waals surface area contributed by atoms with Gasteiger partial charge in [0.1, 0.15) is 5.60 Å². The van der Waals surface area contributed by atoms with Gasteiger partial charge < -0.3 is 19.9 Å². The first kappa shape index (κ1) is 23.2. The molecule has 1 heterocycles. The molecule has 1 aliphatic heterocycles. The predicted molar refractivity (Wildman–Crippen MR) is 104 cm³/mol. The van der Waals surface area contributed by atoms with Crippen LogP contribution in [0.2, 0.25) is 0 Å². The van der Waals surface area contributed by atoms with Gasteiger partial charge in [-0.3, -0.25) is 14.5 Å². The molecule has 1 fully saturated rings. The highest BCUT2D eigenvalue weighted by Crippen LogP contribution is 2.07. The SMILES string of the molecule is CCN(CC)C(=O)CN1CCCN(C(=O)CCNC(=O)OC(C)(C)C)CC1. The highest BCUT2D eigenvalue weighted by molar-refractivity contribution is 5.78. The van der Waals surface area contributed by atoms with Crippen molar-refractivity contribution < 1.29 is 19.1 Å². The molecular formula is C19H36N4O4. The van der Waals surface area contributed by atoms with Crippen LogP contribution in [0.4, 0.5) is 4.79 Å². The number of amides is 3. The molecule has 27 heavy (non-hydrogen) atoms. The lowest BCUT2D eigenvalue weighted by Crippen LogP contribution is -2.42. The van der Waals surface area contributed by atoms with E-state index in [4.69, 9.17) is 4.74 Å². The minimum Gasteiger partial charge on any atom is -0.444 e. The summed E-state index contributed by atoms with van der Waals surface area (Å²) in [6, 6.07) is 0. The molecular weight excluding hydrogens is 348 g/mol. The lowest BCUT2D eigenvalue weighted by Gasteiger charge is -2.25. The maximum atomic E-state index is 12.4. The summed E-state index contributed by atoms with van der Waals surface area (Å²) in [5, 5.41) is 2.62. The van der Waals surface area contributed by atoms with Gasteiger partial charge in [0.15, 0.2) is 0 Å². The van der Waals surface area contributed by atoms with Crippen LogP contribution in [-0.2, 0) is 14.3 Å². The van der Waals surface area contributed by atoms with E-state index in [1.54, 1.807) is 20.8 Å². The summed E-state index contributed by atoms with van der Waals surface area (Å²) in [5.74, 6) is 0.157. The van der Waals surface area contributed by atoms with Crippen molar-refractivity contribution in [1.82, 2.24) is 20.0 Å². The minimum absolute atomic E-state index is 0.0166. The van der Waals surface area contributed by atoms with Crippen LogP contribution in [0.25, 0.3) is 0 Å². The van der Waals surface area contributed by atoms with Crippen LogP contribution in [0.3, 0.4) is 0 Å². The maximum Gasteiger partial charge on any atom is 0.407 e. The van der Waals surface area contributed by atoms with Gasteiger partial charge >= 0.3 is 6.09 Å². The Kier molecular flexibility index (Phi) is 9.55. The van der Waals surface area contributed by atoms with Gasteiger partial charge in [0.2, 0.25) is 11.8 Å². The van der Waals surface area contributed by atoms with Crippen LogP contribution in [0.1, 0.15) is 47.5 Å². The minimum atomic E-state index is -0.551. The van der Waals surface area contributed by atoms with E-state index in [0.717, 1.165) is 26.1 Å². The molecule has 0 atom stereocenters. The fraction of sp³-hybridized carbons (Fsp3) is 0.842. The second kappa shape index (κ2) is 11.1. The van der Waals surface area contributed by atoms with Crippen LogP contribution >= 0.6 is 0 Å². The molecule has 0 spiro atoms. The van der Waals surface area contributed by atoms with E-state index in [1.165, 1.54) is 0 Å². The van der Waals surface area contributed by atoms with Gasteiger partial charge in [0.25, 0.3) is 0 Å². The molecule has 1 saturated heterocycles. The summed E-state index contributed by atoms with van der Waals surface area (Å²) in [7, 11) is 0. The first-order chi connectivity index (χ1) is 12.7. The van der Waals surface area contributed by atoms with Gasteiger partial charge in [-0.1, -0.05) is 0 Å². The molecule has 1 aliphatic rings. The number of carbonyl (C=O) groups is 3.